The van der Waals surface area contributed by atoms with Crippen LogP contribution in [0.2, 0.25) is 0 Å². The van der Waals surface area contributed by atoms with Gasteiger partial charge in [-0.05, 0) is 35.5 Å². The number of rotatable bonds is 3. The number of halogens is 2. The van der Waals surface area contributed by atoms with E-state index in [1.54, 1.807) is 11.8 Å². The predicted octanol–water partition coefficient (Wildman–Crippen LogP) is 2.62. The molecule has 1 aliphatic rings. The van der Waals surface area contributed by atoms with Crippen LogP contribution in [0.15, 0.2) is 18.2 Å². The zero-order chi connectivity index (χ0) is 11.5. The van der Waals surface area contributed by atoms with Gasteiger partial charge in [0.25, 0.3) is 0 Å². The third kappa shape index (κ3) is 2.55. The van der Waals surface area contributed by atoms with E-state index in [4.69, 9.17) is 0 Å². The van der Waals surface area contributed by atoms with Gasteiger partial charge in [0, 0.05) is 6.42 Å². The molecule has 1 fully saturated rings. The van der Waals surface area contributed by atoms with E-state index in [0.717, 1.165) is 24.0 Å². The Hall–Kier alpha value is -0.610. The minimum atomic E-state index is -0.842. The topological polar surface area (TPSA) is 20.2 Å². The number of aliphatic hydroxyl groups is 1. The fraction of sp³-hybridized carbons (Fsp3) is 0.500. The lowest BCUT2D eigenvalue weighted by atomic mass is 9.95. The molecular weight excluding hydrogens is 230 g/mol. The van der Waals surface area contributed by atoms with E-state index in [2.05, 4.69) is 0 Å². The molecule has 16 heavy (non-hydrogen) atoms. The van der Waals surface area contributed by atoms with Crippen molar-refractivity contribution in [1.29, 1.82) is 0 Å². The van der Waals surface area contributed by atoms with Crippen molar-refractivity contribution in [3.05, 3.63) is 35.4 Å². The maximum atomic E-state index is 13.4. The summed E-state index contributed by atoms with van der Waals surface area (Å²) >= 11 is 1.80. The molecule has 1 aromatic rings. The molecule has 1 aromatic carbocycles. The quantitative estimate of drug-likeness (QED) is 0.882. The number of thioether (sulfide) groups is 1. The molecule has 88 valence electrons. The molecule has 0 amide bonds. The molecule has 0 saturated carbocycles. The van der Waals surface area contributed by atoms with Gasteiger partial charge in [-0.2, -0.15) is 11.8 Å². The highest BCUT2D eigenvalue weighted by Gasteiger charge is 2.24. The summed E-state index contributed by atoms with van der Waals surface area (Å²) in [5.74, 6) is 0.510. The minimum absolute atomic E-state index is 0.203. The van der Waals surface area contributed by atoms with Gasteiger partial charge in [0.2, 0.25) is 0 Å². The molecule has 0 aromatic heterocycles. The Balaban J connectivity index is 2.05. The minimum Gasteiger partial charge on any atom is -0.392 e. The molecule has 0 radical (unpaired) electrons. The van der Waals surface area contributed by atoms with Crippen molar-refractivity contribution in [2.75, 3.05) is 11.5 Å². The summed E-state index contributed by atoms with van der Waals surface area (Å²) in [6, 6.07) is 4.10. The number of hydrogen-bond acceptors (Lipinski definition) is 2. The van der Waals surface area contributed by atoms with Crippen molar-refractivity contribution in [2.24, 2.45) is 5.92 Å². The molecule has 2 atom stereocenters. The van der Waals surface area contributed by atoms with Crippen molar-refractivity contribution in [3.8, 4) is 0 Å². The molecule has 1 heterocycles. The molecular formula is C12H14F2OS. The van der Waals surface area contributed by atoms with E-state index >= 15 is 0 Å². The van der Waals surface area contributed by atoms with Crippen molar-refractivity contribution in [3.63, 3.8) is 0 Å². The molecule has 1 saturated heterocycles. The Labute approximate surface area is 97.9 Å². The van der Waals surface area contributed by atoms with E-state index in [9.17, 15) is 13.9 Å². The van der Waals surface area contributed by atoms with Crippen LogP contribution < -0.4 is 0 Å². The third-order valence-corrected chi connectivity index (χ3v) is 4.16. The molecule has 1 N–H and O–H groups in total. The first-order valence-electron chi connectivity index (χ1n) is 5.37. The molecule has 4 heteroatoms. The van der Waals surface area contributed by atoms with E-state index in [1.807, 2.05) is 0 Å². The standard InChI is InChI=1S/C12H14F2OS/c13-10-3-1-2-8(12(10)14)6-11(15)9-4-5-16-7-9/h1-3,9,11,15H,4-7H2. The maximum Gasteiger partial charge on any atom is 0.162 e. The Morgan fingerprint density at radius 3 is 2.94 bits per heavy atom. The highest BCUT2D eigenvalue weighted by molar-refractivity contribution is 7.99. The Morgan fingerprint density at radius 1 is 1.44 bits per heavy atom. The lowest BCUT2D eigenvalue weighted by molar-refractivity contribution is 0.119. The molecule has 0 spiro atoms. The second kappa shape index (κ2) is 5.15. The van der Waals surface area contributed by atoms with Crippen LogP contribution >= 0.6 is 11.8 Å². The number of hydrogen-bond donors (Lipinski definition) is 1. The van der Waals surface area contributed by atoms with E-state index in [-0.39, 0.29) is 17.9 Å². The van der Waals surface area contributed by atoms with Crippen LogP contribution in [-0.4, -0.2) is 22.7 Å². The third-order valence-electron chi connectivity index (χ3n) is 2.97. The van der Waals surface area contributed by atoms with Gasteiger partial charge in [0.05, 0.1) is 6.10 Å². The summed E-state index contributed by atoms with van der Waals surface area (Å²) in [6.45, 7) is 0. The second-order valence-corrected chi connectivity index (χ2v) is 5.26. The molecule has 1 aliphatic heterocycles. The fourth-order valence-corrected chi connectivity index (χ4v) is 3.28. The summed E-state index contributed by atoms with van der Waals surface area (Å²) in [4.78, 5) is 0. The SMILES string of the molecule is OC(Cc1cccc(F)c1F)C1CCSC1. The summed E-state index contributed by atoms with van der Waals surface area (Å²) in [5.41, 5.74) is 0.268. The van der Waals surface area contributed by atoms with Gasteiger partial charge in [-0.1, -0.05) is 12.1 Å². The largest absolute Gasteiger partial charge is 0.392 e. The second-order valence-electron chi connectivity index (χ2n) is 4.11. The van der Waals surface area contributed by atoms with Gasteiger partial charge >= 0.3 is 0 Å². The van der Waals surface area contributed by atoms with Crippen LogP contribution in [0, 0.1) is 17.6 Å². The van der Waals surface area contributed by atoms with Gasteiger partial charge in [0.15, 0.2) is 11.6 Å². The van der Waals surface area contributed by atoms with Crippen molar-refractivity contribution < 1.29 is 13.9 Å². The van der Waals surface area contributed by atoms with Crippen LogP contribution in [0.1, 0.15) is 12.0 Å². The van der Waals surface area contributed by atoms with Gasteiger partial charge < -0.3 is 5.11 Å². The van der Waals surface area contributed by atoms with E-state index in [0.29, 0.717) is 0 Å². The Kier molecular flexibility index (Phi) is 3.82. The number of aliphatic hydroxyl groups excluding tert-OH is 1. The maximum absolute atomic E-state index is 13.4. The average Bonchev–Trinajstić information content (AvgIpc) is 2.78. The lowest BCUT2D eigenvalue weighted by Crippen LogP contribution is -2.23. The smallest absolute Gasteiger partial charge is 0.162 e. The van der Waals surface area contributed by atoms with Crippen molar-refractivity contribution in [2.45, 2.75) is 18.9 Å². The van der Waals surface area contributed by atoms with Crippen molar-refractivity contribution >= 4 is 11.8 Å². The van der Waals surface area contributed by atoms with Crippen LogP contribution in [-0.2, 0) is 6.42 Å². The van der Waals surface area contributed by atoms with Gasteiger partial charge in [-0.3, -0.25) is 0 Å². The zero-order valence-electron chi connectivity index (χ0n) is 8.83. The molecule has 2 unspecified atom stereocenters. The van der Waals surface area contributed by atoms with E-state index < -0.39 is 17.7 Å². The van der Waals surface area contributed by atoms with Crippen LogP contribution in [0.25, 0.3) is 0 Å². The summed E-state index contributed by atoms with van der Waals surface area (Å²) in [5, 5.41) is 9.92. The summed E-state index contributed by atoms with van der Waals surface area (Å²) < 4.78 is 26.3. The first-order chi connectivity index (χ1) is 7.68. The highest BCUT2D eigenvalue weighted by atomic mass is 32.2. The molecule has 1 nitrogen and oxygen atoms in total. The monoisotopic (exact) mass is 244 g/mol. The summed E-state index contributed by atoms with van der Waals surface area (Å²) in [6.07, 6.45) is 0.601. The average molecular weight is 244 g/mol. The Bertz CT molecular complexity index is 364. The normalized spacial score (nSPS) is 22.3. The molecule has 2 rings (SSSR count). The van der Waals surface area contributed by atoms with Crippen LogP contribution in [0.4, 0.5) is 8.78 Å². The summed E-state index contributed by atoms with van der Waals surface area (Å²) in [7, 11) is 0. The first-order valence-corrected chi connectivity index (χ1v) is 6.52. The van der Waals surface area contributed by atoms with Crippen LogP contribution in [0.5, 0.6) is 0 Å². The fourth-order valence-electron chi connectivity index (χ4n) is 1.95. The predicted molar refractivity (Wildman–Crippen MR) is 61.5 cm³/mol. The first kappa shape index (κ1) is 11.9. The zero-order valence-corrected chi connectivity index (χ0v) is 9.64. The van der Waals surface area contributed by atoms with Gasteiger partial charge in [0.1, 0.15) is 0 Å². The van der Waals surface area contributed by atoms with Gasteiger partial charge in [-0.25, -0.2) is 8.78 Å². The van der Waals surface area contributed by atoms with Gasteiger partial charge in [-0.15, -0.1) is 0 Å². The highest BCUT2D eigenvalue weighted by Crippen LogP contribution is 2.28. The number of benzene rings is 1. The van der Waals surface area contributed by atoms with E-state index in [1.165, 1.54) is 12.1 Å². The molecule has 0 bridgehead atoms. The Morgan fingerprint density at radius 2 is 2.25 bits per heavy atom. The molecule has 0 aliphatic carbocycles. The lowest BCUT2D eigenvalue weighted by Gasteiger charge is -2.17. The van der Waals surface area contributed by atoms with Crippen LogP contribution in [0.3, 0.4) is 0 Å². The van der Waals surface area contributed by atoms with Crippen molar-refractivity contribution in [1.82, 2.24) is 0 Å².